The topological polar surface area (TPSA) is 29.9 Å². The van der Waals surface area contributed by atoms with Crippen LogP contribution in [0.1, 0.15) is 37.7 Å². The quantitative estimate of drug-likeness (QED) is 0.762. The van der Waals surface area contributed by atoms with E-state index >= 15 is 0 Å². The van der Waals surface area contributed by atoms with Gasteiger partial charge >= 0.3 is 6.18 Å². The van der Waals surface area contributed by atoms with Gasteiger partial charge in [-0.2, -0.15) is 18.3 Å². The van der Waals surface area contributed by atoms with Crippen molar-refractivity contribution in [2.45, 2.75) is 45.5 Å². The minimum Gasteiger partial charge on any atom is -0.312 e. The molecule has 1 aromatic heterocycles. The summed E-state index contributed by atoms with van der Waals surface area (Å²) in [6.07, 6.45) is -3.78. The number of fused-ring (bicyclic) bond motifs is 1. The van der Waals surface area contributed by atoms with Gasteiger partial charge in [0.1, 0.15) is 0 Å². The van der Waals surface area contributed by atoms with Gasteiger partial charge in [-0.3, -0.25) is 4.68 Å². The van der Waals surface area contributed by atoms with Gasteiger partial charge in [-0.25, -0.2) is 0 Å². The standard InChI is InChI=1S/C11H16F3N3/c1-10(2,3)17-8-4-5-15-6-7(8)9(16-17)11(12,13)14/h15H,4-6H2,1-3H3. The summed E-state index contributed by atoms with van der Waals surface area (Å²) in [7, 11) is 0. The van der Waals surface area contributed by atoms with Crippen LogP contribution in [0.15, 0.2) is 0 Å². The predicted molar refractivity (Wildman–Crippen MR) is 57.6 cm³/mol. The Balaban J connectivity index is 2.60. The minimum absolute atomic E-state index is 0.250. The highest BCUT2D eigenvalue weighted by Gasteiger charge is 2.40. The van der Waals surface area contributed by atoms with E-state index in [1.165, 1.54) is 4.68 Å². The molecule has 0 aliphatic carbocycles. The van der Waals surface area contributed by atoms with Crippen molar-refractivity contribution in [1.82, 2.24) is 15.1 Å². The zero-order valence-corrected chi connectivity index (χ0v) is 10.1. The van der Waals surface area contributed by atoms with Crippen LogP contribution in [0.2, 0.25) is 0 Å². The van der Waals surface area contributed by atoms with Crippen molar-refractivity contribution in [2.75, 3.05) is 6.54 Å². The Hall–Kier alpha value is -1.04. The molecule has 3 nitrogen and oxygen atoms in total. The number of alkyl halides is 3. The van der Waals surface area contributed by atoms with Gasteiger partial charge < -0.3 is 5.32 Å². The Morgan fingerprint density at radius 1 is 1.24 bits per heavy atom. The van der Waals surface area contributed by atoms with Crippen molar-refractivity contribution in [3.05, 3.63) is 17.0 Å². The summed E-state index contributed by atoms with van der Waals surface area (Å²) in [4.78, 5) is 0. The molecule has 0 fully saturated rings. The summed E-state index contributed by atoms with van der Waals surface area (Å²) >= 11 is 0. The second kappa shape index (κ2) is 3.73. The van der Waals surface area contributed by atoms with E-state index in [0.29, 0.717) is 24.2 Å². The first-order valence-electron chi connectivity index (χ1n) is 5.60. The number of hydrogen-bond acceptors (Lipinski definition) is 2. The van der Waals surface area contributed by atoms with Crippen LogP contribution in [0.25, 0.3) is 0 Å². The first-order valence-corrected chi connectivity index (χ1v) is 5.60. The maximum Gasteiger partial charge on any atom is 0.435 e. The summed E-state index contributed by atoms with van der Waals surface area (Å²) in [5.41, 5.74) is -0.151. The lowest BCUT2D eigenvalue weighted by atomic mass is 10.0. The monoisotopic (exact) mass is 247 g/mol. The third-order valence-corrected chi connectivity index (χ3v) is 2.83. The molecule has 0 spiro atoms. The highest BCUT2D eigenvalue weighted by atomic mass is 19.4. The van der Waals surface area contributed by atoms with E-state index in [1.54, 1.807) is 0 Å². The van der Waals surface area contributed by atoms with Crippen molar-refractivity contribution < 1.29 is 13.2 Å². The molecule has 1 aliphatic heterocycles. The van der Waals surface area contributed by atoms with Crippen LogP contribution in [0.4, 0.5) is 13.2 Å². The predicted octanol–water partition coefficient (Wildman–Crippen LogP) is 2.30. The Bertz CT molecular complexity index is 388. The van der Waals surface area contributed by atoms with Crippen molar-refractivity contribution in [3.63, 3.8) is 0 Å². The van der Waals surface area contributed by atoms with Crippen LogP contribution in [0, 0.1) is 0 Å². The van der Waals surface area contributed by atoms with Crippen LogP contribution in [0.5, 0.6) is 0 Å². The number of nitrogens with one attached hydrogen (secondary N) is 1. The van der Waals surface area contributed by atoms with Gasteiger partial charge in [-0.05, 0) is 20.8 Å². The molecule has 17 heavy (non-hydrogen) atoms. The second-order valence-corrected chi connectivity index (χ2v) is 5.28. The number of hydrogen-bond donors (Lipinski definition) is 1. The smallest absolute Gasteiger partial charge is 0.312 e. The highest BCUT2D eigenvalue weighted by Crippen LogP contribution is 2.35. The number of rotatable bonds is 0. The minimum atomic E-state index is -4.38. The molecule has 0 saturated carbocycles. The lowest BCUT2D eigenvalue weighted by Gasteiger charge is -2.24. The summed E-state index contributed by atoms with van der Waals surface area (Å²) in [5, 5.41) is 6.75. The van der Waals surface area contributed by atoms with E-state index in [4.69, 9.17) is 0 Å². The SMILES string of the molecule is CC(C)(C)n1nc(C(F)(F)F)c2c1CCNC2. The Morgan fingerprint density at radius 2 is 1.88 bits per heavy atom. The Kier molecular flexibility index (Phi) is 2.72. The molecule has 0 atom stereocenters. The third kappa shape index (κ3) is 2.18. The number of nitrogens with zero attached hydrogens (tertiary/aromatic N) is 2. The Labute approximate surface area is 98.0 Å². The molecule has 0 radical (unpaired) electrons. The van der Waals surface area contributed by atoms with Gasteiger partial charge in [0.15, 0.2) is 5.69 Å². The molecule has 1 N–H and O–H groups in total. The molecule has 0 saturated heterocycles. The Morgan fingerprint density at radius 3 is 2.41 bits per heavy atom. The molecule has 1 aliphatic rings. The van der Waals surface area contributed by atoms with Crippen molar-refractivity contribution in [3.8, 4) is 0 Å². The zero-order valence-electron chi connectivity index (χ0n) is 10.1. The summed E-state index contributed by atoms with van der Waals surface area (Å²) in [6.45, 7) is 6.54. The lowest BCUT2D eigenvalue weighted by Crippen LogP contribution is -2.30. The molecule has 1 aromatic rings. The van der Waals surface area contributed by atoms with E-state index in [1.807, 2.05) is 20.8 Å². The molecular weight excluding hydrogens is 231 g/mol. The molecule has 2 heterocycles. The van der Waals surface area contributed by atoms with Crippen LogP contribution in [0.3, 0.4) is 0 Å². The molecule has 0 bridgehead atoms. The van der Waals surface area contributed by atoms with Crippen LogP contribution < -0.4 is 5.32 Å². The maximum absolute atomic E-state index is 12.9. The van der Waals surface area contributed by atoms with Gasteiger partial charge in [0, 0.05) is 30.8 Å². The molecule has 2 rings (SSSR count). The van der Waals surface area contributed by atoms with Crippen LogP contribution in [-0.2, 0) is 24.7 Å². The average Bonchev–Trinajstić information content (AvgIpc) is 2.55. The normalized spacial score (nSPS) is 17.1. The lowest BCUT2D eigenvalue weighted by molar-refractivity contribution is -0.142. The van der Waals surface area contributed by atoms with Crippen molar-refractivity contribution >= 4 is 0 Å². The third-order valence-electron chi connectivity index (χ3n) is 2.83. The van der Waals surface area contributed by atoms with Crippen molar-refractivity contribution in [2.24, 2.45) is 0 Å². The first-order chi connectivity index (χ1) is 7.71. The van der Waals surface area contributed by atoms with E-state index < -0.39 is 17.4 Å². The molecule has 0 aromatic carbocycles. The zero-order chi connectivity index (χ0) is 12.8. The number of aromatic nitrogens is 2. The molecule has 96 valence electrons. The molecule has 0 amide bonds. The fraction of sp³-hybridized carbons (Fsp3) is 0.727. The fourth-order valence-electron chi connectivity index (χ4n) is 2.13. The van der Waals surface area contributed by atoms with Crippen LogP contribution in [-0.4, -0.2) is 16.3 Å². The first kappa shape index (κ1) is 12.4. The largest absolute Gasteiger partial charge is 0.435 e. The second-order valence-electron chi connectivity index (χ2n) is 5.28. The van der Waals surface area contributed by atoms with Gasteiger partial charge in [0.25, 0.3) is 0 Å². The van der Waals surface area contributed by atoms with E-state index in [2.05, 4.69) is 10.4 Å². The average molecular weight is 247 g/mol. The summed E-state index contributed by atoms with van der Waals surface area (Å²) in [5.74, 6) is 0. The fourth-order valence-corrected chi connectivity index (χ4v) is 2.13. The van der Waals surface area contributed by atoms with E-state index in [-0.39, 0.29) is 6.54 Å². The molecule has 6 heteroatoms. The highest BCUT2D eigenvalue weighted by molar-refractivity contribution is 5.31. The maximum atomic E-state index is 12.9. The van der Waals surface area contributed by atoms with Gasteiger partial charge in [-0.1, -0.05) is 0 Å². The summed E-state index contributed by atoms with van der Waals surface area (Å²) in [6, 6.07) is 0. The van der Waals surface area contributed by atoms with Crippen LogP contribution >= 0.6 is 0 Å². The van der Waals surface area contributed by atoms with Gasteiger partial charge in [0.2, 0.25) is 0 Å². The van der Waals surface area contributed by atoms with E-state index in [9.17, 15) is 13.2 Å². The van der Waals surface area contributed by atoms with Crippen molar-refractivity contribution in [1.29, 1.82) is 0 Å². The molecule has 0 unspecified atom stereocenters. The number of halogens is 3. The van der Waals surface area contributed by atoms with Gasteiger partial charge in [0.05, 0.1) is 5.54 Å². The molecular formula is C11H16F3N3. The summed E-state index contributed by atoms with van der Waals surface area (Å²) < 4.78 is 40.1. The van der Waals surface area contributed by atoms with Gasteiger partial charge in [-0.15, -0.1) is 0 Å². The van der Waals surface area contributed by atoms with E-state index in [0.717, 1.165) is 0 Å².